The van der Waals surface area contributed by atoms with Crippen molar-refractivity contribution in [2.75, 3.05) is 32.1 Å². The summed E-state index contributed by atoms with van der Waals surface area (Å²) < 4.78 is 22.6. The molecule has 2 aromatic rings. The van der Waals surface area contributed by atoms with Gasteiger partial charge in [0.25, 0.3) is 0 Å². The van der Waals surface area contributed by atoms with E-state index in [4.69, 9.17) is 9.84 Å². The number of aromatic carboxylic acids is 1. The Bertz CT molecular complexity index is 1140. The molecule has 1 aliphatic heterocycles. The largest absolute Gasteiger partial charge is 0.492 e. The maximum Gasteiger partial charge on any atom is 0.341 e. The molecule has 2 fully saturated rings. The van der Waals surface area contributed by atoms with Crippen LogP contribution in [0.1, 0.15) is 55.9 Å². The number of fused-ring (bicyclic) bond motifs is 1. The van der Waals surface area contributed by atoms with Crippen molar-refractivity contribution in [2.24, 2.45) is 5.92 Å². The van der Waals surface area contributed by atoms with Crippen LogP contribution in [0.5, 0.6) is 5.75 Å². The molecule has 0 amide bonds. The number of pyridine rings is 1. The van der Waals surface area contributed by atoms with Gasteiger partial charge in [0.05, 0.1) is 23.9 Å². The van der Waals surface area contributed by atoms with E-state index in [-0.39, 0.29) is 29.0 Å². The lowest BCUT2D eigenvalue weighted by Crippen LogP contribution is -2.45. The van der Waals surface area contributed by atoms with Crippen LogP contribution in [-0.2, 0) is 4.79 Å². The highest BCUT2D eigenvalue weighted by Gasteiger charge is 2.32. The van der Waals surface area contributed by atoms with Crippen LogP contribution in [0.15, 0.2) is 17.1 Å². The van der Waals surface area contributed by atoms with Crippen LogP contribution in [-0.4, -0.2) is 60.0 Å². The number of methoxy groups -OCH3 is 1. The fourth-order valence-corrected chi connectivity index (χ4v) is 4.14. The van der Waals surface area contributed by atoms with E-state index < -0.39 is 23.2 Å². The van der Waals surface area contributed by atoms with Crippen LogP contribution in [0.4, 0.5) is 10.1 Å². The molecule has 10 heteroatoms. The van der Waals surface area contributed by atoms with Crippen LogP contribution < -0.4 is 20.4 Å². The van der Waals surface area contributed by atoms with Gasteiger partial charge in [-0.15, -0.1) is 0 Å². The average molecular weight is 478 g/mol. The first-order chi connectivity index (χ1) is 16.1. The molecule has 0 bridgehead atoms. The molecule has 1 aliphatic carbocycles. The van der Waals surface area contributed by atoms with Crippen molar-refractivity contribution in [2.45, 2.75) is 51.6 Å². The first kappa shape index (κ1) is 25.5. The van der Waals surface area contributed by atoms with Crippen LogP contribution in [0.3, 0.4) is 0 Å². The summed E-state index contributed by atoms with van der Waals surface area (Å²) in [7, 11) is 3.35. The number of likely N-dealkylation sites (N-methyl/N-ethyl adjacent to an activating group) is 1. The maximum absolute atomic E-state index is 15.2. The van der Waals surface area contributed by atoms with Gasteiger partial charge in [-0.2, -0.15) is 0 Å². The summed E-state index contributed by atoms with van der Waals surface area (Å²) in [5, 5.41) is 20.7. The van der Waals surface area contributed by atoms with Gasteiger partial charge in [-0.1, -0.05) is 13.8 Å². The average Bonchev–Trinajstić information content (AvgIpc) is 3.64. The molecule has 1 saturated carbocycles. The minimum atomic E-state index is -1.31. The molecule has 1 atom stereocenters. The van der Waals surface area contributed by atoms with Crippen molar-refractivity contribution in [3.63, 3.8) is 0 Å². The van der Waals surface area contributed by atoms with Gasteiger partial charge in [0.15, 0.2) is 11.6 Å². The number of nitrogens with one attached hydrogen (secondary N) is 1. The van der Waals surface area contributed by atoms with Crippen molar-refractivity contribution in [3.05, 3.63) is 33.9 Å². The summed E-state index contributed by atoms with van der Waals surface area (Å²) in [6.45, 7) is 4.61. The zero-order valence-electron chi connectivity index (χ0n) is 19.9. The molecule has 3 N–H and O–H groups in total. The van der Waals surface area contributed by atoms with Crippen LogP contribution in [0.2, 0.25) is 0 Å². The molecule has 1 aromatic heterocycles. The predicted octanol–water partition coefficient (Wildman–Crippen LogP) is 3.10. The molecule has 9 nitrogen and oxygen atoms in total. The Balaban J connectivity index is 0.000000481. The number of ether oxygens (including phenoxy) is 1. The second-order valence-electron chi connectivity index (χ2n) is 9.02. The summed E-state index contributed by atoms with van der Waals surface area (Å²) in [6, 6.07) is 1.51. The number of carbonyl (C=O) groups is 2. The van der Waals surface area contributed by atoms with Crippen LogP contribution >= 0.6 is 0 Å². The number of aromatic nitrogens is 1. The minimum Gasteiger partial charge on any atom is -0.492 e. The molecular formula is C24H32FN3O6. The van der Waals surface area contributed by atoms with E-state index in [1.54, 1.807) is 18.4 Å². The predicted molar refractivity (Wildman–Crippen MR) is 127 cm³/mol. The monoisotopic (exact) mass is 477 g/mol. The number of halogens is 1. The van der Waals surface area contributed by atoms with E-state index in [1.807, 2.05) is 11.9 Å². The lowest BCUT2D eigenvalue weighted by atomic mass is 10.0. The SMILES string of the molecule is CC(C)C(=O)O.CNC1CCCN(c2c(F)cc3c(=O)c(C(=O)O)cn(C4CC4)c3c2OC)C1. The highest BCUT2D eigenvalue weighted by atomic mass is 19.1. The van der Waals surface area contributed by atoms with Gasteiger partial charge in [0.1, 0.15) is 11.3 Å². The zero-order chi connectivity index (χ0) is 25.2. The quantitative estimate of drug-likeness (QED) is 0.580. The van der Waals surface area contributed by atoms with Crippen molar-refractivity contribution in [1.82, 2.24) is 9.88 Å². The molecule has 1 saturated heterocycles. The van der Waals surface area contributed by atoms with Crippen molar-refractivity contribution in [3.8, 4) is 5.75 Å². The Morgan fingerprint density at radius 2 is 1.88 bits per heavy atom. The van der Waals surface area contributed by atoms with Gasteiger partial charge in [-0.3, -0.25) is 9.59 Å². The Morgan fingerprint density at radius 1 is 1.24 bits per heavy atom. The Kier molecular flexibility index (Phi) is 7.81. The van der Waals surface area contributed by atoms with Gasteiger partial charge < -0.3 is 29.7 Å². The number of anilines is 1. The second kappa shape index (κ2) is 10.4. The molecule has 0 spiro atoms. The maximum atomic E-state index is 15.2. The number of hydrogen-bond acceptors (Lipinski definition) is 6. The molecule has 1 aromatic carbocycles. The number of nitrogens with zero attached hydrogens (tertiary/aromatic N) is 2. The van der Waals surface area contributed by atoms with Crippen molar-refractivity contribution in [1.29, 1.82) is 0 Å². The standard InChI is InChI=1S/C20H24FN3O4.C4H8O2/c1-22-11-4-3-7-23(9-11)17-15(21)8-13-16(19(17)28-2)24(12-5-6-12)10-14(18(13)25)20(26)27;1-3(2)4(5)6/h8,10-12,22H,3-7,9H2,1-2H3,(H,26,27);3H,1-2H3,(H,5,6). The van der Waals surface area contributed by atoms with Crippen LogP contribution in [0.25, 0.3) is 10.9 Å². The number of rotatable bonds is 6. The number of piperidine rings is 1. The fourth-order valence-electron chi connectivity index (χ4n) is 4.14. The van der Waals surface area contributed by atoms with Crippen LogP contribution in [0, 0.1) is 11.7 Å². The first-order valence-corrected chi connectivity index (χ1v) is 11.4. The van der Waals surface area contributed by atoms with Gasteiger partial charge in [0.2, 0.25) is 5.43 Å². The minimum absolute atomic E-state index is 0.0482. The molecule has 1 unspecified atom stereocenters. The number of benzene rings is 1. The third-order valence-corrected chi connectivity index (χ3v) is 6.21. The topological polar surface area (TPSA) is 121 Å². The number of carboxylic acid groups (broad SMARTS) is 2. The fraction of sp³-hybridized carbons (Fsp3) is 0.542. The summed E-state index contributed by atoms with van der Waals surface area (Å²) in [6.07, 6.45) is 5.08. The third-order valence-electron chi connectivity index (χ3n) is 6.21. The van der Waals surface area contributed by atoms with E-state index >= 15 is 4.39 Å². The lowest BCUT2D eigenvalue weighted by Gasteiger charge is -2.35. The highest BCUT2D eigenvalue weighted by molar-refractivity contribution is 5.97. The van der Waals surface area contributed by atoms with E-state index in [2.05, 4.69) is 5.32 Å². The van der Waals surface area contributed by atoms with Crippen molar-refractivity contribution < 1.29 is 28.9 Å². The third kappa shape index (κ3) is 5.16. The summed E-state index contributed by atoms with van der Waals surface area (Å²) >= 11 is 0. The van der Waals surface area contributed by atoms with Gasteiger partial charge in [0, 0.05) is 31.4 Å². The lowest BCUT2D eigenvalue weighted by molar-refractivity contribution is -0.140. The Hall–Kier alpha value is -3.14. The highest BCUT2D eigenvalue weighted by Crippen LogP contribution is 2.44. The molecule has 34 heavy (non-hydrogen) atoms. The summed E-state index contributed by atoms with van der Waals surface area (Å²) in [5.74, 6) is -2.55. The molecule has 4 rings (SSSR count). The van der Waals surface area contributed by atoms with E-state index in [1.165, 1.54) is 19.4 Å². The van der Waals surface area contributed by atoms with Gasteiger partial charge in [-0.05, 0) is 38.8 Å². The van der Waals surface area contributed by atoms with Gasteiger partial charge >= 0.3 is 11.9 Å². The molecule has 2 heterocycles. The molecule has 186 valence electrons. The van der Waals surface area contributed by atoms with E-state index in [9.17, 15) is 19.5 Å². The second-order valence-corrected chi connectivity index (χ2v) is 9.02. The summed E-state index contributed by atoms with van der Waals surface area (Å²) in [5.41, 5.74) is -0.216. The van der Waals surface area contributed by atoms with Gasteiger partial charge in [-0.25, -0.2) is 9.18 Å². The normalized spacial score (nSPS) is 17.9. The number of carboxylic acids is 2. The molecule has 2 aliphatic rings. The van der Waals surface area contributed by atoms with E-state index in [0.717, 1.165) is 25.7 Å². The van der Waals surface area contributed by atoms with E-state index in [0.29, 0.717) is 30.0 Å². The molecular weight excluding hydrogens is 445 g/mol. The first-order valence-electron chi connectivity index (χ1n) is 11.4. The Labute approximate surface area is 197 Å². The van der Waals surface area contributed by atoms with Crippen molar-refractivity contribution >= 4 is 28.5 Å². The number of hydrogen-bond donors (Lipinski definition) is 3. The number of aliphatic carboxylic acids is 1. The smallest absolute Gasteiger partial charge is 0.341 e. The summed E-state index contributed by atoms with van der Waals surface area (Å²) in [4.78, 5) is 35.9. The zero-order valence-corrected chi connectivity index (χ0v) is 19.9. The molecule has 0 radical (unpaired) electrons. The Morgan fingerprint density at radius 3 is 2.38 bits per heavy atom.